The Morgan fingerprint density at radius 1 is 1.33 bits per heavy atom. The third kappa shape index (κ3) is 2.38. The molecular formula is C9H13NOSn. The number of rotatable bonds is 3. The molecule has 3 heteroatoms. The summed E-state index contributed by atoms with van der Waals surface area (Å²) in [5, 5.41) is 0. The van der Waals surface area contributed by atoms with Gasteiger partial charge in [0.05, 0.1) is 0 Å². The van der Waals surface area contributed by atoms with Crippen molar-refractivity contribution in [2.75, 3.05) is 7.05 Å². The first kappa shape index (κ1) is 9.86. The minimum absolute atomic E-state index is 0.221. The molecule has 1 unspecified atom stereocenters. The molecule has 0 bridgehead atoms. The van der Waals surface area contributed by atoms with Crippen LogP contribution in [0.25, 0.3) is 0 Å². The molecule has 0 saturated carbocycles. The molecule has 64 valence electrons. The van der Waals surface area contributed by atoms with E-state index in [9.17, 15) is 3.08 Å². The summed E-state index contributed by atoms with van der Waals surface area (Å²) in [6.07, 6.45) is 0. The molecule has 1 rings (SSSR count). The third-order valence-electron chi connectivity index (χ3n) is 1.94. The molecule has 1 N–H and O–H groups in total. The minimum atomic E-state index is -2.54. The van der Waals surface area contributed by atoms with Gasteiger partial charge < -0.3 is 0 Å². The van der Waals surface area contributed by atoms with Crippen molar-refractivity contribution in [1.29, 1.82) is 0 Å². The molecule has 0 fully saturated rings. The fraction of sp³-hybridized carbons (Fsp3) is 0.333. The van der Waals surface area contributed by atoms with Crippen LogP contribution in [0.2, 0.25) is 0 Å². The Labute approximate surface area is 80.5 Å². The van der Waals surface area contributed by atoms with Crippen molar-refractivity contribution in [3.63, 3.8) is 0 Å². The van der Waals surface area contributed by atoms with Crippen molar-refractivity contribution in [2.24, 2.45) is 0 Å². The molecule has 2 nitrogen and oxygen atoms in total. The number of hydrogen-bond acceptors (Lipinski definition) is 1. The first-order valence-electron chi connectivity index (χ1n) is 4.02. The predicted molar refractivity (Wildman–Crippen MR) is 50.4 cm³/mol. The molecule has 0 aromatic heterocycles. The van der Waals surface area contributed by atoms with Crippen LogP contribution in [0.15, 0.2) is 30.3 Å². The van der Waals surface area contributed by atoms with Crippen molar-refractivity contribution >= 4 is 20.0 Å². The van der Waals surface area contributed by atoms with Gasteiger partial charge in [-0.15, -0.1) is 0 Å². The van der Waals surface area contributed by atoms with Gasteiger partial charge in [-0.05, 0) is 0 Å². The molecule has 1 aromatic rings. The first-order chi connectivity index (χ1) is 5.75. The van der Waals surface area contributed by atoms with Gasteiger partial charge in [-0.1, -0.05) is 0 Å². The standard InChI is InChI=1S/C8H9.CH4N.O.Sn/c1-2-8-6-4-3-5-7-8;1-2;;/h2-7H,1H3;2H,1H3;;/q;-1;;+1. The van der Waals surface area contributed by atoms with E-state index in [-0.39, 0.29) is 3.93 Å². The van der Waals surface area contributed by atoms with Gasteiger partial charge in [-0.3, -0.25) is 0 Å². The van der Waals surface area contributed by atoms with Crippen LogP contribution in [0.5, 0.6) is 0 Å². The zero-order chi connectivity index (χ0) is 8.97. The Morgan fingerprint density at radius 2 is 1.92 bits per heavy atom. The number of hydrogen-bond donors (Lipinski definition) is 1. The normalized spacial score (nSPS) is 12.5. The Bertz CT molecular complexity index is 260. The topological polar surface area (TPSA) is 29.1 Å². The summed E-state index contributed by atoms with van der Waals surface area (Å²) in [6.45, 7) is 2.02. The zero-order valence-electron chi connectivity index (χ0n) is 7.37. The molecule has 0 radical (unpaired) electrons. The molecule has 0 aliphatic carbocycles. The Morgan fingerprint density at radius 3 is 2.42 bits per heavy atom. The molecule has 0 aliphatic heterocycles. The first-order valence-corrected chi connectivity index (χ1v) is 8.26. The maximum absolute atomic E-state index is 11.5. The van der Waals surface area contributed by atoms with Crippen LogP contribution in [0, 0.1) is 0 Å². The summed E-state index contributed by atoms with van der Waals surface area (Å²) in [7, 11) is 1.78. The van der Waals surface area contributed by atoms with Crippen LogP contribution in [-0.2, 0) is 3.08 Å². The van der Waals surface area contributed by atoms with E-state index in [2.05, 4.69) is 3.54 Å². The monoisotopic (exact) mass is 271 g/mol. The molecule has 12 heavy (non-hydrogen) atoms. The van der Waals surface area contributed by atoms with Gasteiger partial charge in [0.2, 0.25) is 0 Å². The third-order valence-corrected chi connectivity index (χ3v) is 6.54. The van der Waals surface area contributed by atoms with Crippen LogP contribution < -0.4 is 3.54 Å². The van der Waals surface area contributed by atoms with Gasteiger partial charge in [0.15, 0.2) is 0 Å². The molecule has 0 saturated heterocycles. The van der Waals surface area contributed by atoms with E-state index >= 15 is 0 Å². The van der Waals surface area contributed by atoms with E-state index in [0.717, 1.165) is 0 Å². The van der Waals surface area contributed by atoms with Crippen molar-refractivity contribution in [2.45, 2.75) is 10.9 Å². The molecule has 0 spiro atoms. The quantitative estimate of drug-likeness (QED) is 0.842. The zero-order valence-corrected chi connectivity index (χ0v) is 10.2. The van der Waals surface area contributed by atoms with E-state index in [1.807, 2.05) is 37.3 Å². The average Bonchev–Trinajstić information content (AvgIpc) is 2.17. The number of benzene rings is 1. The van der Waals surface area contributed by atoms with E-state index in [1.54, 1.807) is 7.05 Å². The van der Waals surface area contributed by atoms with Crippen molar-refractivity contribution in [3.05, 3.63) is 35.9 Å². The van der Waals surface area contributed by atoms with Gasteiger partial charge in [0.25, 0.3) is 0 Å². The Kier molecular flexibility index (Phi) is 3.88. The summed E-state index contributed by atoms with van der Waals surface area (Å²) < 4.78 is 14.6. The van der Waals surface area contributed by atoms with Gasteiger partial charge in [0.1, 0.15) is 0 Å². The second-order valence-corrected chi connectivity index (χ2v) is 8.72. The second-order valence-electron chi connectivity index (χ2n) is 2.75. The fourth-order valence-electron chi connectivity index (χ4n) is 1.11. The molecule has 0 aliphatic rings. The van der Waals surface area contributed by atoms with Gasteiger partial charge in [-0.2, -0.15) is 0 Å². The van der Waals surface area contributed by atoms with Gasteiger partial charge in [0, 0.05) is 0 Å². The van der Waals surface area contributed by atoms with Crippen molar-refractivity contribution < 1.29 is 3.08 Å². The van der Waals surface area contributed by atoms with E-state index in [4.69, 9.17) is 0 Å². The number of nitrogens with one attached hydrogen (secondary N) is 1. The van der Waals surface area contributed by atoms with Crippen LogP contribution in [0.3, 0.4) is 0 Å². The Balaban J connectivity index is 2.78. The van der Waals surface area contributed by atoms with Crippen molar-refractivity contribution in [1.82, 2.24) is 3.54 Å². The summed E-state index contributed by atoms with van der Waals surface area (Å²) in [5.41, 5.74) is 1.18. The SMILES string of the molecule is C[NH][Sn](=[O])[CH](C)c1ccccc1. The second kappa shape index (κ2) is 4.72. The molecular weight excluding hydrogens is 257 g/mol. The van der Waals surface area contributed by atoms with Crippen LogP contribution >= 0.6 is 0 Å². The molecule has 0 heterocycles. The molecule has 0 amide bonds. The van der Waals surface area contributed by atoms with Crippen molar-refractivity contribution in [3.8, 4) is 0 Å². The van der Waals surface area contributed by atoms with Crippen LogP contribution in [0.4, 0.5) is 0 Å². The maximum atomic E-state index is 11.5. The van der Waals surface area contributed by atoms with Crippen LogP contribution in [0.1, 0.15) is 16.4 Å². The van der Waals surface area contributed by atoms with E-state index < -0.39 is 20.0 Å². The fourth-order valence-corrected chi connectivity index (χ4v) is 3.76. The molecule has 1 aromatic carbocycles. The molecule has 1 atom stereocenters. The van der Waals surface area contributed by atoms with Gasteiger partial charge >= 0.3 is 80.4 Å². The summed E-state index contributed by atoms with van der Waals surface area (Å²) >= 11 is -2.54. The summed E-state index contributed by atoms with van der Waals surface area (Å²) in [4.78, 5) is 0. The van der Waals surface area contributed by atoms with Gasteiger partial charge in [-0.25, -0.2) is 0 Å². The van der Waals surface area contributed by atoms with E-state index in [0.29, 0.717) is 0 Å². The summed E-state index contributed by atoms with van der Waals surface area (Å²) in [5.74, 6) is 0. The average molecular weight is 270 g/mol. The van der Waals surface area contributed by atoms with E-state index in [1.165, 1.54) is 5.56 Å². The van der Waals surface area contributed by atoms with Crippen LogP contribution in [-0.4, -0.2) is 27.1 Å². The summed E-state index contributed by atoms with van der Waals surface area (Å²) in [6, 6.07) is 10.0. The Hall–Kier alpha value is -0.221. The predicted octanol–water partition coefficient (Wildman–Crippen LogP) is 1.47.